The van der Waals surface area contributed by atoms with Crippen LogP contribution < -0.4 is 5.73 Å². The lowest BCUT2D eigenvalue weighted by Gasteiger charge is -2.06. The summed E-state index contributed by atoms with van der Waals surface area (Å²) in [5.41, 5.74) is 6.39. The predicted molar refractivity (Wildman–Crippen MR) is 95.1 cm³/mol. The largest absolute Gasteiger partial charge is 0.478 e. The van der Waals surface area contributed by atoms with Gasteiger partial charge in [-0.2, -0.15) is 18.3 Å². The molecule has 0 bridgehead atoms. The number of carbonyl (C=O) groups is 1. The minimum atomic E-state index is -4.53. The van der Waals surface area contributed by atoms with Gasteiger partial charge in [-0.05, 0) is 12.1 Å². The highest BCUT2D eigenvalue weighted by Crippen LogP contribution is 2.38. The van der Waals surface area contributed by atoms with Crippen LogP contribution in [-0.2, 0) is 6.54 Å². The number of hydrogen-bond acceptors (Lipinski definition) is 5. The van der Waals surface area contributed by atoms with Crippen molar-refractivity contribution in [1.82, 2.24) is 24.7 Å². The highest BCUT2D eigenvalue weighted by atomic mass is 35.5. The average molecular weight is 411 g/mol. The van der Waals surface area contributed by atoms with Gasteiger partial charge in [0.25, 0.3) is 0 Å². The lowest BCUT2D eigenvalue weighted by atomic mass is 10.1. The van der Waals surface area contributed by atoms with Gasteiger partial charge in [-0.1, -0.05) is 17.7 Å². The fraction of sp³-hybridized carbons (Fsp3) is 0.125. The molecule has 1 aromatic carbocycles. The first-order chi connectivity index (χ1) is 13.2. The number of hydrogen-bond donors (Lipinski definition) is 3. The number of nitrogens with two attached hydrogens (primary N) is 1. The number of carboxylic acids is 1. The molecule has 3 aromatic heterocycles. The summed E-state index contributed by atoms with van der Waals surface area (Å²) in [6.45, 7) is -1.37. The Kier molecular flexibility index (Phi) is 3.93. The van der Waals surface area contributed by atoms with Crippen molar-refractivity contribution in [2.75, 3.05) is 5.73 Å². The van der Waals surface area contributed by atoms with Crippen LogP contribution in [0.15, 0.2) is 24.5 Å². The third-order valence-electron chi connectivity index (χ3n) is 4.11. The number of H-pyrrole nitrogens is 1. The van der Waals surface area contributed by atoms with E-state index in [-0.39, 0.29) is 38.8 Å². The molecule has 0 fully saturated rings. The molecule has 12 heteroatoms. The average Bonchev–Trinajstić information content (AvgIpc) is 3.12. The van der Waals surface area contributed by atoms with Crippen LogP contribution in [0.4, 0.5) is 19.0 Å². The normalized spacial score (nSPS) is 12.1. The van der Waals surface area contributed by atoms with Gasteiger partial charge in [0, 0.05) is 10.9 Å². The third kappa shape index (κ3) is 2.89. The summed E-state index contributed by atoms with van der Waals surface area (Å²) in [7, 11) is 0. The zero-order chi connectivity index (χ0) is 20.2. The number of benzene rings is 1. The van der Waals surface area contributed by atoms with Crippen LogP contribution >= 0.6 is 11.6 Å². The van der Waals surface area contributed by atoms with Crippen molar-refractivity contribution in [3.8, 4) is 11.4 Å². The number of nitrogens with one attached hydrogen (secondary N) is 1. The molecule has 0 aliphatic rings. The lowest BCUT2D eigenvalue weighted by Crippen LogP contribution is -2.19. The molecule has 28 heavy (non-hydrogen) atoms. The maximum absolute atomic E-state index is 12.9. The fourth-order valence-corrected chi connectivity index (χ4v) is 3.25. The van der Waals surface area contributed by atoms with Crippen molar-refractivity contribution in [3.63, 3.8) is 0 Å². The van der Waals surface area contributed by atoms with Gasteiger partial charge in [0.1, 0.15) is 24.4 Å². The zero-order valence-electron chi connectivity index (χ0n) is 13.8. The van der Waals surface area contributed by atoms with Crippen LogP contribution in [0.2, 0.25) is 5.02 Å². The van der Waals surface area contributed by atoms with Gasteiger partial charge in [0.15, 0.2) is 5.65 Å². The molecule has 3 heterocycles. The van der Waals surface area contributed by atoms with Crippen LogP contribution in [0.3, 0.4) is 0 Å². The summed E-state index contributed by atoms with van der Waals surface area (Å²) in [5.74, 6) is -1.19. The van der Waals surface area contributed by atoms with Gasteiger partial charge in [-0.3, -0.25) is 0 Å². The molecule has 0 radical (unpaired) electrons. The monoisotopic (exact) mass is 410 g/mol. The number of aromatic nitrogens is 5. The molecular weight excluding hydrogens is 401 g/mol. The molecule has 0 spiro atoms. The molecule has 0 amide bonds. The number of carboxylic acid groups (broad SMARTS) is 1. The topological polar surface area (TPSA) is 123 Å². The van der Waals surface area contributed by atoms with E-state index in [4.69, 9.17) is 22.4 Å². The Hall–Kier alpha value is -3.34. The summed E-state index contributed by atoms with van der Waals surface area (Å²) < 4.78 is 39.4. The van der Waals surface area contributed by atoms with E-state index in [9.17, 15) is 18.0 Å². The first-order valence-electron chi connectivity index (χ1n) is 7.74. The molecular formula is C16H10ClF3N6O2. The van der Waals surface area contributed by atoms with Crippen LogP contribution in [0.1, 0.15) is 10.4 Å². The van der Waals surface area contributed by atoms with Crippen molar-refractivity contribution in [2.45, 2.75) is 12.7 Å². The van der Waals surface area contributed by atoms with E-state index in [1.807, 2.05) is 0 Å². The van der Waals surface area contributed by atoms with E-state index in [1.54, 1.807) is 0 Å². The number of aromatic carboxylic acids is 1. The lowest BCUT2D eigenvalue weighted by molar-refractivity contribution is -0.141. The summed E-state index contributed by atoms with van der Waals surface area (Å²) in [4.78, 5) is 21.8. The maximum atomic E-state index is 12.9. The first-order valence-corrected chi connectivity index (χ1v) is 8.12. The minimum Gasteiger partial charge on any atom is -0.478 e. The Bertz CT molecular complexity index is 1250. The SMILES string of the molecule is Nc1ncnc2c1c(-c1[nH]c3cc(C(=O)O)ccc3c1Cl)nn2CC(F)(F)F. The maximum Gasteiger partial charge on any atom is 0.408 e. The Balaban J connectivity index is 1.99. The van der Waals surface area contributed by atoms with Gasteiger partial charge in [-0.25, -0.2) is 19.4 Å². The van der Waals surface area contributed by atoms with Gasteiger partial charge < -0.3 is 15.8 Å². The molecule has 8 nitrogen and oxygen atoms in total. The Morgan fingerprint density at radius 3 is 2.75 bits per heavy atom. The van der Waals surface area contributed by atoms with Crippen LogP contribution in [0.25, 0.3) is 33.3 Å². The highest BCUT2D eigenvalue weighted by molar-refractivity contribution is 6.38. The Morgan fingerprint density at radius 1 is 1.32 bits per heavy atom. The molecule has 0 aliphatic carbocycles. The van der Waals surface area contributed by atoms with Crippen molar-refractivity contribution < 1.29 is 23.1 Å². The molecule has 144 valence electrons. The van der Waals surface area contributed by atoms with Crippen molar-refractivity contribution in [2.24, 2.45) is 0 Å². The number of anilines is 1. The summed E-state index contributed by atoms with van der Waals surface area (Å²) in [6, 6.07) is 4.23. The van der Waals surface area contributed by atoms with Crippen molar-refractivity contribution >= 4 is 45.3 Å². The van der Waals surface area contributed by atoms with E-state index in [1.165, 1.54) is 18.2 Å². The molecule has 4 aromatic rings. The number of alkyl halides is 3. The predicted octanol–water partition coefficient (Wildman–Crippen LogP) is 3.47. The Morgan fingerprint density at radius 2 is 2.07 bits per heavy atom. The Labute approximate surface area is 158 Å². The van der Waals surface area contributed by atoms with Gasteiger partial charge in [0.2, 0.25) is 0 Å². The second kappa shape index (κ2) is 6.09. The van der Waals surface area contributed by atoms with Gasteiger partial charge >= 0.3 is 12.1 Å². The fourth-order valence-electron chi connectivity index (χ4n) is 2.94. The van der Waals surface area contributed by atoms with Crippen LogP contribution in [0, 0.1) is 0 Å². The van der Waals surface area contributed by atoms with Crippen LogP contribution in [-0.4, -0.2) is 42.0 Å². The van der Waals surface area contributed by atoms with Crippen molar-refractivity contribution in [3.05, 3.63) is 35.1 Å². The number of fused-ring (bicyclic) bond motifs is 2. The number of halogens is 4. The second-order valence-corrected chi connectivity index (χ2v) is 6.34. The van der Waals surface area contributed by atoms with Crippen molar-refractivity contribution in [1.29, 1.82) is 0 Å². The van der Waals surface area contributed by atoms with Crippen LogP contribution in [0.5, 0.6) is 0 Å². The summed E-state index contributed by atoms with van der Waals surface area (Å²) >= 11 is 6.39. The van der Waals surface area contributed by atoms with E-state index < -0.39 is 18.7 Å². The molecule has 0 saturated heterocycles. The molecule has 4 rings (SSSR count). The van der Waals surface area contributed by atoms with Gasteiger partial charge in [-0.15, -0.1) is 0 Å². The van der Waals surface area contributed by atoms with E-state index in [2.05, 4.69) is 20.1 Å². The molecule has 0 unspecified atom stereocenters. The number of aromatic amines is 1. The molecule has 4 N–H and O–H groups in total. The highest BCUT2D eigenvalue weighted by Gasteiger charge is 2.31. The molecule has 0 atom stereocenters. The standard InChI is InChI=1S/C16H10ClF3N6O2/c17-10-7-2-1-6(15(27)28)3-8(7)24-12(10)11-9-13(21)22-5-23-14(9)26(25-11)4-16(18,19)20/h1-3,5,24H,4H2,(H,27,28)(H2,21,22,23). The third-order valence-corrected chi connectivity index (χ3v) is 4.50. The quantitative estimate of drug-likeness (QED) is 0.475. The van der Waals surface area contributed by atoms with E-state index in [0.29, 0.717) is 15.6 Å². The molecule has 0 saturated carbocycles. The minimum absolute atomic E-state index is 0.0206. The van der Waals surface area contributed by atoms with E-state index in [0.717, 1.165) is 6.33 Å². The summed E-state index contributed by atoms with van der Waals surface area (Å²) in [6.07, 6.45) is -3.49. The number of nitrogen functional groups attached to an aromatic ring is 1. The zero-order valence-corrected chi connectivity index (χ0v) is 14.5. The molecule has 0 aliphatic heterocycles. The van der Waals surface area contributed by atoms with Gasteiger partial charge in [0.05, 0.1) is 21.7 Å². The number of nitrogens with zero attached hydrogens (tertiary/aromatic N) is 4. The number of rotatable bonds is 3. The second-order valence-electron chi connectivity index (χ2n) is 5.96. The first kappa shape index (κ1) is 18.0. The smallest absolute Gasteiger partial charge is 0.408 e. The summed E-state index contributed by atoms with van der Waals surface area (Å²) in [5, 5.41) is 13.9. The van der Waals surface area contributed by atoms with E-state index >= 15 is 0 Å².